The summed E-state index contributed by atoms with van der Waals surface area (Å²) in [6.07, 6.45) is 0. The molecule has 0 fully saturated rings. The first-order valence-corrected chi connectivity index (χ1v) is 8.85. The molecule has 0 unspecified atom stereocenters. The highest BCUT2D eigenvalue weighted by Crippen LogP contribution is 2.19. The van der Waals surface area contributed by atoms with Crippen molar-refractivity contribution in [2.75, 3.05) is 11.1 Å². The van der Waals surface area contributed by atoms with Crippen LogP contribution in [0.25, 0.3) is 11.3 Å². The third-order valence-electron chi connectivity index (χ3n) is 3.59. The van der Waals surface area contributed by atoms with E-state index in [4.69, 9.17) is 0 Å². The van der Waals surface area contributed by atoms with Crippen molar-refractivity contribution < 1.29 is 9.18 Å². The summed E-state index contributed by atoms with van der Waals surface area (Å²) >= 11 is 1.11. The lowest BCUT2D eigenvalue weighted by molar-refractivity contribution is -0.113. The molecule has 1 heterocycles. The number of carbonyl (C=O) groups is 1. The molecule has 26 heavy (non-hydrogen) atoms. The van der Waals surface area contributed by atoms with E-state index in [1.165, 1.54) is 12.1 Å². The third-order valence-corrected chi connectivity index (χ3v) is 4.46. The van der Waals surface area contributed by atoms with Crippen molar-refractivity contribution in [1.29, 1.82) is 0 Å². The van der Waals surface area contributed by atoms with Crippen LogP contribution in [-0.2, 0) is 4.79 Å². The summed E-state index contributed by atoms with van der Waals surface area (Å²) in [4.78, 5) is 30.9. The molecule has 0 radical (unpaired) electrons. The minimum atomic E-state index is -0.378. The van der Waals surface area contributed by atoms with Crippen LogP contribution in [0.3, 0.4) is 0 Å². The summed E-state index contributed by atoms with van der Waals surface area (Å²) in [5, 5.41) is 2.97. The average molecular weight is 369 g/mol. The molecule has 1 aromatic heterocycles. The van der Waals surface area contributed by atoms with E-state index in [9.17, 15) is 14.0 Å². The molecular formula is C19H16FN3O2S. The number of hydrogen-bond donors (Lipinski definition) is 2. The number of aryl methyl sites for hydroxylation is 1. The summed E-state index contributed by atoms with van der Waals surface area (Å²) in [7, 11) is 0. The Kier molecular flexibility index (Phi) is 5.48. The molecule has 7 heteroatoms. The summed E-state index contributed by atoms with van der Waals surface area (Å²) in [6, 6.07) is 15.2. The van der Waals surface area contributed by atoms with E-state index in [-0.39, 0.29) is 23.0 Å². The van der Waals surface area contributed by atoms with Gasteiger partial charge in [0.05, 0.1) is 11.4 Å². The molecule has 0 aliphatic carbocycles. The second-order valence-corrected chi connectivity index (χ2v) is 6.57. The number of nitrogens with one attached hydrogen (secondary N) is 2. The van der Waals surface area contributed by atoms with Crippen molar-refractivity contribution in [2.24, 2.45) is 0 Å². The highest BCUT2D eigenvalue weighted by Gasteiger charge is 2.09. The molecule has 5 nitrogen and oxygen atoms in total. The monoisotopic (exact) mass is 369 g/mol. The standard InChI is InChI=1S/C19H16FN3O2S/c1-12-7-8-14(9-15(12)20)21-18(25)11-26-19-22-16(10-17(24)23-19)13-5-3-2-4-6-13/h2-10H,11H2,1H3,(H,21,25)(H,22,23,24). The van der Waals surface area contributed by atoms with Crippen molar-refractivity contribution in [3.8, 4) is 11.3 Å². The first kappa shape index (κ1) is 17.9. The number of thioether (sulfide) groups is 1. The zero-order valence-electron chi connectivity index (χ0n) is 14.0. The van der Waals surface area contributed by atoms with E-state index in [1.807, 2.05) is 30.3 Å². The number of carbonyl (C=O) groups excluding carboxylic acids is 1. The molecule has 2 aromatic carbocycles. The Morgan fingerprint density at radius 1 is 1.19 bits per heavy atom. The lowest BCUT2D eigenvalue weighted by Crippen LogP contribution is -2.15. The van der Waals surface area contributed by atoms with Gasteiger partial charge in [0.15, 0.2) is 5.16 Å². The van der Waals surface area contributed by atoms with Gasteiger partial charge < -0.3 is 10.3 Å². The Bertz CT molecular complexity index is 990. The molecular weight excluding hydrogens is 353 g/mol. The maximum atomic E-state index is 13.5. The summed E-state index contributed by atoms with van der Waals surface area (Å²) < 4.78 is 13.5. The van der Waals surface area contributed by atoms with Gasteiger partial charge in [0.2, 0.25) is 5.91 Å². The van der Waals surface area contributed by atoms with Crippen LogP contribution in [0.4, 0.5) is 10.1 Å². The summed E-state index contributed by atoms with van der Waals surface area (Å²) in [5.41, 5.74) is 1.97. The van der Waals surface area contributed by atoms with Crippen LogP contribution in [0, 0.1) is 12.7 Å². The number of nitrogens with zero attached hydrogens (tertiary/aromatic N) is 1. The van der Waals surface area contributed by atoms with Gasteiger partial charge in [-0.15, -0.1) is 0 Å². The maximum absolute atomic E-state index is 13.5. The highest BCUT2D eigenvalue weighted by molar-refractivity contribution is 7.99. The first-order chi connectivity index (χ1) is 12.5. The molecule has 1 amide bonds. The van der Waals surface area contributed by atoms with Gasteiger partial charge in [-0.3, -0.25) is 9.59 Å². The van der Waals surface area contributed by atoms with Crippen molar-refractivity contribution in [1.82, 2.24) is 9.97 Å². The minimum absolute atomic E-state index is 0.0384. The van der Waals surface area contributed by atoms with Crippen LogP contribution < -0.4 is 10.9 Å². The fourth-order valence-corrected chi connectivity index (χ4v) is 2.94. The molecule has 0 atom stereocenters. The number of H-pyrrole nitrogens is 1. The van der Waals surface area contributed by atoms with Gasteiger partial charge >= 0.3 is 0 Å². The Hall–Kier alpha value is -2.93. The van der Waals surface area contributed by atoms with E-state index < -0.39 is 0 Å². The van der Waals surface area contributed by atoms with Crippen molar-refractivity contribution in [3.05, 3.63) is 76.3 Å². The normalized spacial score (nSPS) is 10.5. The van der Waals surface area contributed by atoms with Gasteiger partial charge in [-0.2, -0.15) is 0 Å². The predicted octanol–water partition coefficient (Wildman–Crippen LogP) is 3.62. The largest absolute Gasteiger partial charge is 0.325 e. The van der Waals surface area contributed by atoms with E-state index in [0.29, 0.717) is 22.1 Å². The molecule has 3 rings (SSSR count). The summed E-state index contributed by atoms with van der Waals surface area (Å²) in [5.74, 6) is -0.653. The van der Waals surface area contributed by atoms with Crippen LogP contribution in [0.15, 0.2) is 64.5 Å². The Balaban J connectivity index is 1.67. The Morgan fingerprint density at radius 2 is 1.96 bits per heavy atom. The molecule has 0 saturated carbocycles. The fraction of sp³-hybridized carbons (Fsp3) is 0.105. The van der Waals surface area contributed by atoms with Crippen molar-refractivity contribution in [3.63, 3.8) is 0 Å². The molecule has 0 spiro atoms. The number of hydrogen-bond acceptors (Lipinski definition) is 4. The number of aromatic amines is 1. The number of anilines is 1. The van der Waals surface area contributed by atoms with Crippen LogP contribution >= 0.6 is 11.8 Å². The summed E-state index contributed by atoms with van der Waals surface area (Å²) in [6.45, 7) is 1.65. The molecule has 132 valence electrons. The van der Waals surface area contributed by atoms with Gasteiger partial charge in [-0.25, -0.2) is 9.37 Å². The topological polar surface area (TPSA) is 74.8 Å². The predicted molar refractivity (Wildman–Crippen MR) is 101 cm³/mol. The van der Waals surface area contributed by atoms with Crippen LogP contribution in [0.5, 0.6) is 0 Å². The molecule has 0 aliphatic heterocycles. The number of benzene rings is 2. The van der Waals surface area contributed by atoms with Crippen LogP contribution in [-0.4, -0.2) is 21.6 Å². The number of halogens is 1. The number of amides is 1. The lowest BCUT2D eigenvalue weighted by atomic mass is 10.1. The quantitative estimate of drug-likeness (QED) is 0.532. The van der Waals surface area contributed by atoms with Gasteiger partial charge in [0, 0.05) is 17.3 Å². The van der Waals surface area contributed by atoms with E-state index in [0.717, 1.165) is 17.3 Å². The minimum Gasteiger partial charge on any atom is -0.325 e. The number of aromatic nitrogens is 2. The molecule has 0 saturated heterocycles. The van der Waals surface area contributed by atoms with Crippen LogP contribution in [0.2, 0.25) is 0 Å². The third kappa shape index (κ3) is 4.58. The van der Waals surface area contributed by atoms with E-state index in [1.54, 1.807) is 19.1 Å². The van der Waals surface area contributed by atoms with E-state index >= 15 is 0 Å². The molecule has 3 aromatic rings. The molecule has 2 N–H and O–H groups in total. The maximum Gasteiger partial charge on any atom is 0.252 e. The SMILES string of the molecule is Cc1ccc(NC(=O)CSc2nc(-c3ccccc3)cc(=O)[nH]2)cc1F. The van der Waals surface area contributed by atoms with Crippen molar-refractivity contribution in [2.45, 2.75) is 12.1 Å². The zero-order chi connectivity index (χ0) is 18.5. The lowest BCUT2D eigenvalue weighted by Gasteiger charge is -2.07. The Morgan fingerprint density at radius 3 is 2.69 bits per heavy atom. The van der Waals surface area contributed by atoms with Crippen molar-refractivity contribution >= 4 is 23.4 Å². The van der Waals surface area contributed by atoms with Gasteiger partial charge in [-0.05, 0) is 24.6 Å². The van der Waals surface area contributed by atoms with E-state index in [2.05, 4.69) is 15.3 Å². The smallest absolute Gasteiger partial charge is 0.252 e. The van der Waals surface area contributed by atoms with Gasteiger partial charge in [0.1, 0.15) is 5.82 Å². The van der Waals surface area contributed by atoms with Gasteiger partial charge in [-0.1, -0.05) is 48.2 Å². The first-order valence-electron chi connectivity index (χ1n) is 7.87. The number of rotatable bonds is 5. The van der Waals surface area contributed by atoms with Crippen LogP contribution in [0.1, 0.15) is 5.56 Å². The zero-order valence-corrected chi connectivity index (χ0v) is 14.8. The van der Waals surface area contributed by atoms with Gasteiger partial charge in [0.25, 0.3) is 5.56 Å². The Labute approximate surface area is 153 Å². The second-order valence-electron chi connectivity index (χ2n) is 5.60. The molecule has 0 bridgehead atoms. The highest BCUT2D eigenvalue weighted by atomic mass is 32.2. The fourth-order valence-electron chi connectivity index (χ4n) is 2.26. The average Bonchev–Trinajstić information content (AvgIpc) is 2.63. The molecule has 0 aliphatic rings. The second kappa shape index (κ2) is 7.97.